The quantitative estimate of drug-likeness (QED) is 0.175. The lowest BCUT2D eigenvalue weighted by atomic mass is 10.0. The third kappa shape index (κ3) is 7.93. The molecule has 0 aromatic heterocycles. The molecule has 0 bridgehead atoms. The van der Waals surface area contributed by atoms with Crippen LogP contribution in [-0.4, -0.2) is 66.5 Å². The number of carbonyl (C=O) groups is 3. The van der Waals surface area contributed by atoms with Crippen LogP contribution in [0.2, 0.25) is 0 Å². The van der Waals surface area contributed by atoms with E-state index in [2.05, 4.69) is 4.74 Å². The first-order chi connectivity index (χ1) is 18.7. The van der Waals surface area contributed by atoms with Crippen LogP contribution in [0.4, 0.5) is 61.5 Å². The number of hydrogen-bond donors (Lipinski definition) is 1. The summed E-state index contributed by atoms with van der Waals surface area (Å²) >= 11 is 0. The summed E-state index contributed by atoms with van der Waals surface area (Å²) < 4.78 is 189. The van der Waals surface area contributed by atoms with E-state index in [1.54, 1.807) is 13.8 Å². The molecule has 0 fully saturated rings. The van der Waals surface area contributed by atoms with E-state index in [1.807, 2.05) is 0 Å². The molecule has 240 valence electrons. The second kappa shape index (κ2) is 12.5. The summed E-state index contributed by atoms with van der Waals surface area (Å²) in [5.74, 6) is -35.9. The van der Waals surface area contributed by atoms with Crippen molar-refractivity contribution >= 4 is 17.8 Å². The van der Waals surface area contributed by atoms with Crippen LogP contribution in [0.5, 0.6) is 5.75 Å². The highest BCUT2D eigenvalue weighted by molar-refractivity contribution is 5.89. The van der Waals surface area contributed by atoms with Crippen LogP contribution in [-0.2, 0) is 25.5 Å². The summed E-state index contributed by atoms with van der Waals surface area (Å²) in [6.45, 7) is 2.85. The Hall–Kier alpha value is -3.35. The molecule has 1 rings (SSSR count). The number of halogens is 14. The van der Waals surface area contributed by atoms with Gasteiger partial charge in [0.05, 0.1) is 6.61 Å². The molecule has 0 aliphatic rings. The SMILES string of the molecule is CC(C)CCOC(=O)C(Cc1ccc(OC(=O)C(F)(F)C(F)(F)C(F)(F)F)cc1)NC(=O)C(F)(F)C(F)(F)C(F)(F)F. The molecule has 1 atom stereocenters. The van der Waals surface area contributed by atoms with Gasteiger partial charge in [-0.1, -0.05) is 26.0 Å². The number of esters is 2. The summed E-state index contributed by atoms with van der Waals surface area (Å²) in [7, 11) is 0. The minimum atomic E-state index is -6.89. The van der Waals surface area contributed by atoms with Crippen molar-refractivity contribution in [2.45, 2.75) is 68.8 Å². The molecule has 6 nitrogen and oxygen atoms in total. The Balaban J connectivity index is 3.20. The van der Waals surface area contributed by atoms with Crippen LogP contribution in [0.15, 0.2) is 24.3 Å². The lowest BCUT2D eigenvalue weighted by molar-refractivity contribution is -0.346. The topological polar surface area (TPSA) is 81.7 Å². The van der Waals surface area contributed by atoms with E-state index >= 15 is 0 Å². The van der Waals surface area contributed by atoms with Gasteiger partial charge in [0.2, 0.25) is 0 Å². The van der Waals surface area contributed by atoms with Gasteiger partial charge >= 0.3 is 48.0 Å². The smallest absolute Gasteiger partial charge is 0.460 e. The predicted molar refractivity (Wildman–Crippen MR) is 110 cm³/mol. The van der Waals surface area contributed by atoms with Crippen LogP contribution >= 0.6 is 0 Å². The Morgan fingerprint density at radius 2 is 1.19 bits per heavy atom. The van der Waals surface area contributed by atoms with E-state index in [1.165, 1.54) is 0 Å². The summed E-state index contributed by atoms with van der Waals surface area (Å²) in [5.41, 5.74) is -0.348. The fraction of sp³-hybridized carbons (Fsp3) is 0.591. The van der Waals surface area contributed by atoms with Gasteiger partial charge in [-0.05, 0) is 30.0 Å². The van der Waals surface area contributed by atoms with Gasteiger partial charge in [-0.3, -0.25) is 4.79 Å². The van der Waals surface area contributed by atoms with Gasteiger partial charge in [-0.15, -0.1) is 0 Å². The Labute approximate surface area is 226 Å². The average molecular weight is 643 g/mol. The van der Waals surface area contributed by atoms with E-state index in [0.717, 1.165) is 5.32 Å². The Morgan fingerprint density at radius 3 is 1.62 bits per heavy atom. The van der Waals surface area contributed by atoms with E-state index in [9.17, 15) is 75.8 Å². The zero-order valence-electron chi connectivity index (χ0n) is 20.9. The molecule has 0 radical (unpaired) electrons. The molecule has 0 aliphatic heterocycles. The fourth-order valence-corrected chi connectivity index (χ4v) is 2.67. The minimum absolute atomic E-state index is 0.112. The monoisotopic (exact) mass is 643 g/mol. The van der Waals surface area contributed by atoms with Gasteiger partial charge < -0.3 is 14.8 Å². The number of alkyl halides is 14. The normalized spacial score (nSPS) is 14.4. The first-order valence-electron chi connectivity index (χ1n) is 11.1. The Bertz CT molecular complexity index is 1110. The summed E-state index contributed by atoms with van der Waals surface area (Å²) in [5, 5.41) is 1.00. The van der Waals surface area contributed by atoms with Crippen molar-refractivity contribution in [3.05, 3.63) is 29.8 Å². The predicted octanol–water partition coefficient (Wildman–Crippen LogP) is 5.87. The number of carbonyl (C=O) groups excluding carboxylic acids is 3. The summed E-state index contributed by atoms with van der Waals surface area (Å²) in [6.07, 6.45) is -14.6. The number of hydrogen-bond acceptors (Lipinski definition) is 5. The van der Waals surface area contributed by atoms with E-state index in [-0.39, 0.29) is 17.9 Å². The highest BCUT2D eigenvalue weighted by Crippen LogP contribution is 2.48. The first-order valence-corrected chi connectivity index (χ1v) is 11.1. The molecule has 0 aliphatic carbocycles. The number of amides is 1. The van der Waals surface area contributed by atoms with Crippen LogP contribution in [0.1, 0.15) is 25.8 Å². The molecule has 0 saturated carbocycles. The molecule has 1 aromatic rings. The zero-order valence-corrected chi connectivity index (χ0v) is 20.9. The number of ether oxygens (including phenoxy) is 2. The third-order valence-corrected chi connectivity index (χ3v) is 5.15. The maximum Gasteiger partial charge on any atom is 0.460 e. The minimum Gasteiger partial charge on any atom is -0.464 e. The summed E-state index contributed by atoms with van der Waals surface area (Å²) in [4.78, 5) is 35.4. The second-order valence-electron chi connectivity index (χ2n) is 8.91. The third-order valence-electron chi connectivity index (χ3n) is 5.15. The maximum absolute atomic E-state index is 13.8. The molecular formula is C22H19F14NO5. The van der Waals surface area contributed by atoms with E-state index < -0.39 is 78.7 Å². The molecular weight excluding hydrogens is 624 g/mol. The number of rotatable bonds is 12. The Morgan fingerprint density at radius 1 is 0.738 bits per heavy atom. The maximum atomic E-state index is 13.8. The largest absolute Gasteiger partial charge is 0.464 e. The lowest BCUT2D eigenvalue weighted by Gasteiger charge is -2.28. The molecule has 1 aromatic carbocycles. The van der Waals surface area contributed by atoms with Crippen LogP contribution in [0, 0.1) is 5.92 Å². The van der Waals surface area contributed by atoms with E-state index in [0.29, 0.717) is 24.3 Å². The highest BCUT2D eigenvalue weighted by atomic mass is 19.4. The molecule has 0 spiro atoms. The first kappa shape index (κ1) is 36.7. The molecule has 0 saturated heterocycles. The van der Waals surface area contributed by atoms with Crippen molar-refractivity contribution < 1.29 is 85.3 Å². The molecule has 20 heteroatoms. The van der Waals surface area contributed by atoms with Crippen molar-refractivity contribution in [3.63, 3.8) is 0 Å². The van der Waals surface area contributed by atoms with Crippen molar-refractivity contribution in [2.75, 3.05) is 6.61 Å². The standard InChI is InChI=1S/C22H19F14NO5/c1-10(2)7-8-41-14(38)13(37-15(39)17(23,24)19(27,28)21(31,32)33)9-11-3-5-12(6-4-11)42-16(40)18(25,26)20(29,30)22(34,35)36/h3-6,10,13H,7-9H2,1-2H3,(H,37,39). The average Bonchev–Trinajstić information content (AvgIpc) is 2.82. The lowest BCUT2D eigenvalue weighted by Crippen LogP contribution is -2.61. The van der Waals surface area contributed by atoms with Crippen molar-refractivity contribution in [3.8, 4) is 5.75 Å². The van der Waals surface area contributed by atoms with Crippen LogP contribution < -0.4 is 10.1 Å². The summed E-state index contributed by atoms with van der Waals surface area (Å²) in [6, 6.07) is -0.130. The van der Waals surface area contributed by atoms with Crippen molar-refractivity contribution in [1.82, 2.24) is 5.32 Å². The van der Waals surface area contributed by atoms with Gasteiger partial charge in [-0.2, -0.15) is 61.5 Å². The second-order valence-corrected chi connectivity index (χ2v) is 8.91. The molecule has 1 amide bonds. The Kier molecular flexibility index (Phi) is 10.9. The number of nitrogens with one attached hydrogen (secondary N) is 1. The molecule has 1 N–H and O–H groups in total. The highest BCUT2D eigenvalue weighted by Gasteiger charge is 2.78. The van der Waals surface area contributed by atoms with Crippen molar-refractivity contribution in [1.29, 1.82) is 0 Å². The fourth-order valence-electron chi connectivity index (χ4n) is 2.67. The zero-order chi connectivity index (χ0) is 33.1. The van der Waals surface area contributed by atoms with Crippen LogP contribution in [0.3, 0.4) is 0 Å². The molecule has 42 heavy (non-hydrogen) atoms. The van der Waals surface area contributed by atoms with Gasteiger partial charge in [0.15, 0.2) is 0 Å². The van der Waals surface area contributed by atoms with Gasteiger partial charge in [0.25, 0.3) is 5.91 Å². The van der Waals surface area contributed by atoms with Crippen LogP contribution in [0.25, 0.3) is 0 Å². The van der Waals surface area contributed by atoms with Gasteiger partial charge in [0.1, 0.15) is 11.8 Å². The molecule has 0 heterocycles. The van der Waals surface area contributed by atoms with Gasteiger partial charge in [0, 0.05) is 6.42 Å². The van der Waals surface area contributed by atoms with Gasteiger partial charge in [-0.25, -0.2) is 9.59 Å². The molecule has 1 unspecified atom stereocenters. The van der Waals surface area contributed by atoms with Crippen molar-refractivity contribution in [2.24, 2.45) is 5.92 Å². The number of benzene rings is 1. The van der Waals surface area contributed by atoms with E-state index in [4.69, 9.17) is 4.74 Å².